The molecule has 2 aromatic carbocycles. The van der Waals surface area contributed by atoms with E-state index in [1.54, 1.807) is 18.3 Å². The number of hydrogen-bond donors (Lipinski definition) is 1. The van der Waals surface area contributed by atoms with Crippen LogP contribution in [0.2, 0.25) is 5.02 Å². The van der Waals surface area contributed by atoms with Gasteiger partial charge in [0, 0.05) is 17.3 Å². The maximum Gasteiger partial charge on any atom is 0.0991 e. The first-order valence-corrected chi connectivity index (χ1v) is 6.46. The molecule has 1 heterocycles. The van der Waals surface area contributed by atoms with Crippen molar-refractivity contribution in [2.45, 2.75) is 0 Å². The van der Waals surface area contributed by atoms with Gasteiger partial charge in [0.25, 0.3) is 0 Å². The molecule has 96 valence electrons. The Labute approximate surface area is 121 Å². The molecule has 0 aliphatic carbocycles. The third-order valence-corrected chi connectivity index (χ3v) is 3.28. The number of nitriles is 1. The zero-order valence-electron chi connectivity index (χ0n) is 10.5. The molecule has 0 radical (unpaired) electrons. The van der Waals surface area contributed by atoms with Gasteiger partial charge in [-0.3, -0.25) is 4.98 Å². The molecular weight excluding hydrogens is 270 g/mol. The van der Waals surface area contributed by atoms with Gasteiger partial charge in [0.05, 0.1) is 27.9 Å². The van der Waals surface area contributed by atoms with Crippen LogP contribution in [0.3, 0.4) is 0 Å². The summed E-state index contributed by atoms with van der Waals surface area (Å²) in [5.41, 5.74) is 3.08. The lowest BCUT2D eigenvalue weighted by Gasteiger charge is -2.11. The Kier molecular flexibility index (Phi) is 3.24. The van der Waals surface area contributed by atoms with Crippen LogP contribution in [0.5, 0.6) is 0 Å². The van der Waals surface area contributed by atoms with E-state index in [0.29, 0.717) is 10.6 Å². The molecule has 0 spiro atoms. The molecular formula is C16H10ClN3. The van der Waals surface area contributed by atoms with Crippen molar-refractivity contribution in [1.29, 1.82) is 5.26 Å². The summed E-state index contributed by atoms with van der Waals surface area (Å²) in [4.78, 5) is 4.28. The highest BCUT2D eigenvalue weighted by molar-refractivity contribution is 6.34. The molecule has 0 aliphatic heterocycles. The number of rotatable bonds is 2. The maximum absolute atomic E-state index is 9.02. The second-order valence-corrected chi connectivity index (χ2v) is 4.72. The Morgan fingerprint density at radius 3 is 2.65 bits per heavy atom. The van der Waals surface area contributed by atoms with Crippen molar-refractivity contribution in [2.75, 3.05) is 5.32 Å². The minimum absolute atomic E-state index is 0.524. The van der Waals surface area contributed by atoms with Crippen molar-refractivity contribution in [2.24, 2.45) is 0 Å². The number of hydrogen-bond acceptors (Lipinski definition) is 3. The molecule has 1 aromatic heterocycles. The van der Waals surface area contributed by atoms with Gasteiger partial charge < -0.3 is 5.32 Å². The number of nitrogens with zero attached hydrogens (tertiary/aromatic N) is 2. The minimum Gasteiger partial charge on any atom is -0.354 e. The quantitative estimate of drug-likeness (QED) is 0.751. The molecule has 0 saturated heterocycles. The van der Waals surface area contributed by atoms with E-state index in [1.807, 2.05) is 36.4 Å². The normalized spacial score (nSPS) is 10.2. The van der Waals surface area contributed by atoms with Gasteiger partial charge in [0.15, 0.2) is 0 Å². The molecule has 0 atom stereocenters. The van der Waals surface area contributed by atoms with Crippen LogP contribution >= 0.6 is 11.6 Å². The lowest BCUT2D eigenvalue weighted by Crippen LogP contribution is -1.94. The van der Waals surface area contributed by atoms with E-state index in [-0.39, 0.29) is 0 Å². The number of fused-ring (bicyclic) bond motifs is 1. The zero-order valence-corrected chi connectivity index (χ0v) is 11.2. The first kappa shape index (κ1) is 12.5. The summed E-state index contributed by atoms with van der Waals surface area (Å²) in [5.74, 6) is 0. The topological polar surface area (TPSA) is 48.7 Å². The monoisotopic (exact) mass is 279 g/mol. The number of benzene rings is 2. The van der Waals surface area contributed by atoms with Gasteiger partial charge in [0.1, 0.15) is 0 Å². The van der Waals surface area contributed by atoms with Crippen molar-refractivity contribution < 1.29 is 0 Å². The number of anilines is 2. The summed E-state index contributed by atoms with van der Waals surface area (Å²) < 4.78 is 0. The van der Waals surface area contributed by atoms with Crippen molar-refractivity contribution >= 4 is 33.9 Å². The zero-order chi connectivity index (χ0) is 13.9. The maximum atomic E-state index is 9.02. The van der Waals surface area contributed by atoms with Gasteiger partial charge in [-0.25, -0.2) is 0 Å². The van der Waals surface area contributed by atoms with Crippen LogP contribution < -0.4 is 5.32 Å². The second-order valence-electron chi connectivity index (χ2n) is 4.32. The van der Waals surface area contributed by atoms with Crippen LogP contribution in [0, 0.1) is 11.3 Å². The molecule has 0 amide bonds. The molecule has 20 heavy (non-hydrogen) atoms. The highest BCUT2D eigenvalue weighted by Gasteiger charge is 2.08. The number of aromatic nitrogens is 1. The molecule has 3 nitrogen and oxygen atoms in total. The third kappa shape index (κ3) is 2.29. The number of nitrogens with one attached hydrogen (secondary N) is 1. The summed E-state index contributed by atoms with van der Waals surface area (Å²) in [6, 6.07) is 17.2. The van der Waals surface area contributed by atoms with Gasteiger partial charge >= 0.3 is 0 Å². The fraction of sp³-hybridized carbons (Fsp3) is 0. The SMILES string of the molecule is N#Cc1ccc2ncc(Cl)c(Nc3ccccc3)c2c1. The minimum atomic E-state index is 0.524. The lowest BCUT2D eigenvalue weighted by atomic mass is 10.1. The average molecular weight is 280 g/mol. The third-order valence-electron chi connectivity index (χ3n) is 2.99. The summed E-state index contributed by atoms with van der Waals surface area (Å²) >= 11 is 6.24. The largest absolute Gasteiger partial charge is 0.354 e. The molecule has 3 rings (SSSR count). The summed E-state index contributed by atoms with van der Waals surface area (Å²) in [7, 11) is 0. The Bertz CT molecular complexity index is 807. The van der Waals surface area contributed by atoms with Crippen LogP contribution in [-0.2, 0) is 0 Å². The van der Waals surface area contributed by atoms with Crippen LogP contribution in [0.15, 0.2) is 54.7 Å². The van der Waals surface area contributed by atoms with E-state index >= 15 is 0 Å². The van der Waals surface area contributed by atoms with E-state index in [1.165, 1.54) is 0 Å². The van der Waals surface area contributed by atoms with Gasteiger partial charge in [-0.1, -0.05) is 29.8 Å². The Morgan fingerprint density at radius 1 is 1.10 bits per heavy atom. The molecule has 0 bridgehead atoms. The summed E-state index contributed by atoms with van der Waals surface area (Å²) in [6.07, 6.45) is 1.61. The van der Waals surface area contributed by atoms with Gasteiger partial charge in [0.2, 0.25) is 0 Å². The fourth-order valence-electron chi connectivity index (χ4n) is 2.03. The van der Waals surface area contributed by atoms with Crippen molar-refractivity contribution in [3.05, 3.63) is 65.3 Å². The van der Waals surface area contributed by atoms with Crippen LogP contribution in [-0.4, -0.2) is 4.98 Å². The highest BCUT2D eigenvalue weighted by atomic mass is 35.5. The number of pyridine rings is 1. The molecule has 3 aromatic rings. The predicted octanol–water partition coefficient (Wildman–Crippen LogP) is 4.50. The Morgan fingerprint density at radius 2 is 1.90 bits per heavy atom. The van der Waals surface area contributed by atoms with E-state index in [9.17, 15) is 0 Å². The van der Waals surface area contributed by atoms with Crippen molar-refractivity contribution in [1.82, 2.24) is 4.98 Å². The molecule has 0 unspecified atom stereocenters. The number of halogens is 1. The Balaban J connectivity index is 2.18. The van der Waals surface area contributed by atoms with E-state index in [4.69, 9.17) is 16.9 Å². The summed E-state index contributed by atoms with van der Waals surface area (Å²) in [5, 5.41) is 13.7. The first-order valence-electron chi connectivity index (χ1n) is 6.08. The van der Waals surface area contributed by atoms with Crippen LogP contribution in [0.25, 0.3) is 10.9 Å². The first-order chi connectivity index (χ1) is 9.78. The average Bonchev–Trinajstić information content (AvgIpc) is 2.51. The predicted molar refractivity (Wildman–Crippen MR) is 81.2 cm³/mol. The summed E-state index contributed by atoms with van der Waals surface area (Å²) in [6.45, 7) is 0. The number of para-hydroxylation sites is 1. The van der Waals surface area contributed by atoms with E-state index < -0.39 is 0 Å². The van der Waals surface area contributed by atoms with Gasteiger partial charge in [-0.05, 0) is 30.3 Å². The molecule has 0 saturated carbocycles. The standard InChI is InChI=1S/C16H10ClN3/c17-14-10-19-15-7-6-11(9-18)8-13(15)16(14)20-12-4-2-1-3-5-12/h1-8,10H,(H,19,20). The molecule has 0 aliphatic rings. The smallest absolute Gasteiger partial charge is 0.0991 e. The molecule has 0 fully saturated rings. The molecule has 4 heteroatoms. The van der Waals surface area contributed by atoms with Crippen molar-refractivity contribution in [3.63, 3.8) is 0 Å². The van der Waals surface area contributed by atoms with Gasteiger partial charge in [-0.15, -0.1) is 0 Å². The van der Waals surface area contributed by atoms with E-state index in [2.05, 4.69) is 16.4 Å². The van der Waals surface area contributed by atoms with Crippen LogP contribution in [0.4, 0.5) is 11.4 Å². The highest BCUT2D eigenvalue weighted by Crippen LogP contribution is 2.32. The lowest BCUT2D eigenvalue weighted by molar-refractivity contribution is 1.40. The molecule has 1 N–H and O–H groups in total. The van der Waals surface area contributed by atoms with Gasteiger partial charge in [-0.2, -0.15) is 5.26 Å². The Hall–Kier alpha value is -2.57. The van der Waals surface area contributed by atoms with Crippen molar-refractivity contribution in [3.8, 4) is 6.07 Å². The van der Waals surface area contributed by atoms with Crippen LogP contribution in [0.1, 0.15) is 5.56 Å². The fourth-order valence-corrected chi connectivity index (χ4v) is 2.23. The second kappa shape index (κ2) is 5.20. The van der Waals surface area contributed by atoms with E-state index in [0.717, 1.165) is 22.3 Å².